The average molecular weight is 352 g/mol. The minimum absolute atomic E-state index is 0.326. The predicted molar refractivity (Wildman–Crippen MR) is 102 cm³/mol. The maximum Gasteiger partial charge on any atom is 0.136 e. The molecule has 0 spiro atoms. The van der Waals surface area contributed by atoms with E-state index in [0.717, 1.165) is 52.0 Å². The van der Waals surface area contributed by atoms with E-state index in [-0.39, 0.29) is 0 Å². The highest BCUT2D eigenvalue weighted by molar-refractivity contribution is 7.09. The third-order valence-corrected chi connectivity index (χ3v) is 5.38. The zero-order valence-corrected chi connectivity index (χ0v) is 14.9. The fourth-order valence-electron chi connectivity index (χ4n) is 3.15. The van der Waals surface area contributed by atoms with Gasteiger partial charge in [0, 0.05) is 47.4 Å². The van der Waals surface area contributed by atoms with Gasteiger partial charge < -0.3 is 9.52 Å². The number of furan rings is 1. The molecule has 0 saturated heterocycles. The van der Waals surface area contributed by atoms with Gasteiger partial charge in [0.1, 0.15) is 16.9 Å². The molecule has 0 amide bonds. The van der Waals surface area contributed by atoms with Crippen molar-refractivity contribution in [3.05, 3.63) is 58.5 Å². The molecule has 0 unspecified atom stereocenters. The van der Waals surface area contributed by atoms with E-state index >= 15 is 0 Å². The van der Waals surface area contributed by atoms with E-state index in [1.54, 1.807) is 11.3 Å². The summed E-state index contributed by atoms with van der Waals surface area (Å²) in [5.74, 6) is 0.326. The zero-order chi connectivity index (χ0) is 17.2. The van der Waals surface area contributed by atoms with Gasteiger partial charge in [0.15, 0.2) is 0 Å². The molecule has 25 heavy (non-hydrogen) atoms. The molecule has 0 radical (unpaired) electrons. The van der Waals surface area contributed by atoms with Crippen molar-refractivity contribution in [1.82, 2.24) is 9.88 Å². The molecule has 0 aliphatic rings. The van der Waals surface area contributed by atoms with Crippen LogP contribution in [-0.2, 0) is 13.0 Å². The number of aromatic nitrogens is 1. The smallest absolute Gasteiger partial charge is 0.136 e. The van der Waals surface area contributed by atoms with Gasteiger partial charge in [0.05, 0.1) is 5.01 Å². The number of likely N-dealkylation sites (N-methyl/N-ethyl adjacent to an activating group) is 1. The van der Waals surface area contributed by atoms with Crippen molar-refractivity contribution in [3.63, 3.8) is 0 Å². The Hall–Kier alpha value is -2.37. The molecule has 4 aromatic rings. The quantitative estimate of drug-likeness (QED) is 0.541. The van der Waals surface area contributed by atoms with Crippen LogP contribution in [0, 0.1) is 0 Å². The highest BCUT2D eigenvalue weighted by Gasteiger charge is 2.13. The largest absolute Gasteiger partial charge is 0.508 e. The van der Waals surface area contributed by atoms with Gasteiger partial charge in [-0.15, -0.1) is 11.3 Å². The molecule has 128 valence electrons. The topological polar surface area (TPSA) is 49.5 Å². The van der Waals surface area contributed by atoms with Gasteiger partial charge in [0.25, 0.3) is 0 Å². The fourth-order valence-corrected chi connectivity index (χ4v) is 3.76. The highest BCUT2D eigenvalue weighted by atomic mass is 32.1. The standard InChI is InChI=1S/C20H20N2O2S/c1-2-22(9-7-20-21-8-10-25-20)13-14-11-19-16(12-17(14)23)15-5-3-4-6-18(15)24-19/h3-6,8,10-12,23H,2,7,9,13H2,1H3. The lowest BCUT2D eigenvalue weighted by molar-refractivity contribution is 0.279. The number of benzene rings is 2. The van der Waals surface area contributed by atoms with E-state index in [1.165, 1.54) is 0 Å². The lowest BCUT2D eigenvalue weighted by atomic mass is 10.1. The number of rotatable bonds is 6. The van der Waals surface area contributed by atoms with E-state index in [1.807, 2.05) is 48.0 Å². The van der Waals surface area contributed by atoms with E-state index in [4.69, 9.17) is 4.42 Å². The summed E-state index contributed by atoms with van der Waals surface area (Å²) in [6.07, 6.45) is 2.77. The Morgan fingerprint density at radius 2 is 2.04 bits per heavy atom. The number of thiazole rings is 1. The number of hydrogen-bond donors (Lipinski definition) is 1. The van der Waals surface area contributed by atoms with Gasteiger partial charge in [0.2, 0.25) is 0 Å². The number of hydrogen-bond acceptors (Lipinski definition) is 5. The molecule has 2 heterocycles. The summed E-state index contributed by atoms with van der Waals surface area (Å²) in [5, 5.41) is 15.7. The van der Waals surface area contributed by atoms with E-state index in [0.29, 0.717) is 12.3 Å². The van der Waals surface area contributed by atoms with Crippen molar-refractivity contribution in [2.24, 2.45) is 0 Å². The van der Waals surface area contributed by atoms with Crippen LogP contribution >= 0.6 is 11.3 Å². The Labute approximate surface area is 150 Å². The molecule has 0 saturated carbocycles. The fraction of sp³-hybridized carbons (Fsp3) is 0.250. The Kier molecular flexibility index (Phi) is 4.42. The first-order valence-electron chi connectivity index (χ1n) is 8.48. The number of phenols is 1. The number of para-hydroxylation sites is 1. The van der Waals surface area contributed by atoms with Gasteiger partial charge in [-0.05, 0) is 24.7 Å². The second-order valence-electron chi connectivity index (χ2n) is 6.12. The first kappa shape index (κ1) is 16.1. The van der Waals surface area contributed by atoms with Crippen molar-refractivity contribution in [2.75, 3.05) is 13.1 Å². The van der Waals surface area contributed by atoms with Crippen molar-refractivity contribution in [3.8, 4) is 5.75 Å². The predicted octanol–water partition coefficient (Wildman–Crippen LogP) is 4.81. The molecule has 2 aromatic carbocycles. The van der Waals surface area contributed by atoms with Crippen molar-refractivity contribution >= 4 is 33.3 Å². The lowest BCUT2D eigenvalue weighted by Crippen LogP contribution is -2.25. The minimum Gasteiger partial charge on any atom is -0.508 e. The third-order valence-electron chi connectivity index (χ3n) is 4.54. The second-order valence-corrected chi connectivity index (χ2v) is 7.10. The molecule has 0 fully saturated rings. The summed E-state index contributed by atoms with van der Waals surface area (Å²) in [7, 11) is 0. The highest BCUT2D eigenvalue weighted by Crippen LogP contribution is 2.33. The van der Waals surface area contributed by atoms with Gasteiger partial charge in [-0.25, -0.2) is 4.98 Å². The Bertz CT molecular complexity index is 992. The van der Waals surface area contributed by atoms with Gasteiger partial charge in [-0.1, -0.05) is 25.1 Å². The van der Waals surface area contributed by atoms with Crippen LogP contribution in [-0.4, -0.2) is 28.1 Å². The third kappa shape index (κ3) is 3.25. The summed E-state index contributed by atoms with van der Waals surface area (Å²) in [6, 6.07) is 11.7. The molecule has 2 aromatic heterocycles. The van der Waals surface area contributed by atoms with Crippen molar-refractivity contribution in [1.29, 1.82) is 0 Å². The van der Waals surface area contributed by atoms with Crippen LogP contribution in [0.4, 0.5) is 0 Å². The number of fused-ring (bicyclic) bond motifs is 3. The average Bonchev–Trinajstić information content (AvgIpc) is 3.26. The molecule has 5 heteroatoms. The van der Waals surface area contributed by atoms with Crippen LogP contribution in [0.1, 0.15) is 17.5 Å². The van der Waals surface area contributed by atoms with Gasteiger partial charge >= 0.3 is 0 Å². The molecule has 1 N–H and O–H groups in total. The summed E-state index contributed by atoms with van der Waals surface area (Å²) in [4.78, 5) is 6.65. The Morgan fingerprint density at radius 1 is 1.16 bits per heavy atom. The van der Waals surface area contributed by atoms with Crippen molar-refractivity contribution < 1.29 is 9.52 Å². The van der Waals surface area contributed by atoms with Gasteiger partial charge in [-0.2, -0.15) is 0 Å². The van der Waals surface area contributed by atoms with Crippen LogP contribution in [0.25, 0.3) is 21.9 Å². The molecule has 4 nitrogen and oxygen atoms in total. The van der Waals surface area contributed by atoms with Crippen LogP contribution < -0.4 is 0 Å². The first-order valence-corrected chi connectivity index (χ1v) is 9.36. The normalized spacial score (nSPS) is 11.8. The van der Waals surface area contributed by atoms with Crippen LogP contribution in [0.2, 0.25) is 0 Å². The lowest BCUT2D eigenvalue weighted by Gasteiger charge is -2.20. The number of nitrogens with zero attached hydrogens (tertiary/aromatic N) is 2. The van der Waals surface area contributed by atoms with Crippen molar-refractivity contribution in [2.45, 2.75) is 19.9 Å². The molecule has 0 aliphatic heterocycles. The maximum atomic E-state index is 10.5. The number of phenolic OH excluding ortho intramolecular Hbond substituents is 1. The molecular formula is C20H20N2O2S. The SMILES string of the molecule is CCN(CCc1nccs1)Cc1cc2oc3ccccc3c2cc1O. The maximum absolute atomic E-state index is 10.5. The molecular weight excluding hydrogens is 332 g/mol. The summed E-state index contributed by atoms with van der Waals surface area (Å²) in [6.45, 7) is 4.67. The Balaban J connectivity index is 1.59. The second kappa shape index (κ2) is 6.86. The van der Waals surface area contributed by atoms with Crippen LogP contribution in [0.3, 0.4) is 0 Å². The van der Waals surface area contributed by atoms with Crippen LogP contribution in [0.5, 0.6) is 5.75 Å². The summed E-state index contributed by atoms with van der Waals surface area (Å²) in [5.41, 5.74) is 2.57. The summed E-state index contributed by atoms with van der Waals surface area (Å²) >= 11 is 1.69. The minimum atomic E-state index is 0.326. The van der Waals surface area contributed by atoms with Gasteiger partial charge in [-0.3, -0.25) is 4.90 Å². The molecule has 0 aliphatic carbocycles. The van der Waals surface area contributed by atoms with Crippen LogP contribution in [0.15, 0.2) is 52.4 Å². The molecule has 0 bridgehead atoms. The van der Waals surface area contributed by atoms with E-state index < -0.39 is 0 Å². The summed E-state index contributed by atoms with van der Waals surface area (Å²) < 4.78 is 5.94. The zero-order valence-electron chi connectivity index (χ0n) is 14.1. The molecule has 0 atom stereocenters. The monoisotopic (exact) mass is 352 g/mol. The first-order chi connectivity index (χ1) is 12.2. The van der Waals surface area contributed by atoms with E-state index in [2.05, 4.69) is 16.8 Å². The Morgan fingerprint density at radius 3 is 2.84 bits per heavy atom. The van der Waals surface area contributed by atoms with E-state index in [9.17, 15) is 5.11 Å². The number of aromatic hydroxyl groups is 1. The molecule has 4 rings (SSSR count).